The van der Waals surface area contributed by atoms with Crippen LogP contribution in [0.1, 0.15) is 80.1 Å². The average Bonchev–Trinajstić information content (AvgIpc) is 3.12. The summed E-state index contributed by atoms with van der Waals surface area (Å²) in [6, 6.07) is -0.930. The molecular weight excluding hydrogens is 517 g/mol. The Kier molecular flexibility index (Phi) is 7.75. The van der Waals surface area contributed by atoms with E-state index in [0.717, 1.165) is 0 Å². The topological polar surface area (TPSA) is 155 Å². The zero-order valence-electron chi connectivity index (χ0n) is 24.4. The summed E-state index contributed by atoms with van der Waals surface area (Å²) < 4.78 is 17.8. The van der Waals surface area contributed by atoms with Gasteiger partial charge in [-0.1, -0.05) is 52.7 Å². The molecule has 0 aliphatic heterocycles. The van der Waals surface area contributed by atoms with Crippen LogP contribution < -0.4 is 5.73 Å². The van der Waals surface area contributed by atoms with E-state index in [0.29, 0.717) is 18.4 Å². The molecule has 0 saturated heterocycles. The van der Waals surface area contributed by atoms with Crippen molar-refractivity contribution < 1.29 is 38.9 Å². The van der Waals surface area contributed by atoms with Gasteiger partial charge in [-0.3, -0.25) is 19.2 Å². The maximum Gasteiger partial charge on any atom is 0.233 e. The molecule has 0 aromatic heterocycles. The largest absolute Gasteiger partial charge is 0.390 e. The molecule has 0 aromatic carbocycles. The Labute approximate surface area is 235 Å². The van der Waals surface area contributed by atoms with Gasteiger partial charge in [-0.15, -0.1) is 0 Å². The highest BCUT2D eigenvalue weighted by atomic mass is 19.1. The van der Waals surface area contributed by atoms with E-state index in [4.69, 9.17) is 5.73 Å². The average molecular weight is 562 g/mol. The Morgan fingerprint density at radius 3 is 2.38 bits per heavy atom. The molecule has 40 heavy (non-hydrogen) atoms. The van der Waals surface area contributed by atoms with Gasteiger partial charge in [-0.25, -0.2) is 4.39 Å². The van der Waals surface area contributed by atoms with Crippen LogP contribution in [0.25, 0.3) is 0 Å². The van der Waals surface area contributed by atoms with Gasteiger partial charge in [0.15, 0.2) is 17.2 Å². The first-order valence-corrected chi connectivity index (χ1v) is 14.6. The molecule has 0 amide bonds. The first kappa shape index (κ1) is 30.9. The van der Waals surface area contributed by atoms with Gasteiger partial charge in [0.1, 0.15) is 11.7 Å². The minimum atomic E-state index is -2.31. The maximum absolute atomic E-state index is 17.8. The third-order valence-corrected chi connectivity index (χ3v) is 11.4. The van der Waals surface area contributed by atoms with Gasteiger partial charge in [-0.2, -0.15) is 0 Å². The highest BCUT2D eigenvalue weighted by molar-refractivity contribution is 6.42. The van der Waals surface area contributed by atoms with E-state index in [1.165, 1.54) is 12.2 Å². The van der Waals surface area contributed by atoms with Gasteiger partial charge in [0.25, 0.3) is 0 Å². The molecule has 0 spiro atoms. The van der Waals surface area contributed by atoms with Crippen molar-refractivity contribution >= 4 is 23.1 Å². The number of Topliss-reactive ketones (excluding diaryl/α,β-unsaturated/α-hetero) is 3. The molecule has 4 rings (SSSR count). The van der Waals surface area contributed by atoms with Crippen LogP contribution in [0.4, 0.5) is 4.39 Å². The lowest BCUT2D eigenvalue weighted by Crippen LogP contribution is -2.70. The summed E-state index contributed by atoms with van der Waals surface area (Å²) in [5.41, 5.74) is -0.843. The van der Waals surface area contributed by atoms with Crippen LogP contribution in [0.2, 0.25) is 0 Å². The van der Waals surface area contributed by atoms with Crippen LogP contribution in [-0.4, -0.2) is 68.0 Å². The summed E-state index contributed by atoms with van der Waals surface area (Å²) >= 11 is 0. The zero-order valence-corrected chi connectivity index (χ0v) is 24.4. The Morgan fingerprint density at radius 2 is 1.80 bits per heavy atom. The van der Waals surface area contributed by atoms with Crippen molar-refractivity contribution in [2.24, 2.45) is 40.2 Å². The normalized spacial score (nSPS) is 42.9. The van der Waals surface area contributed by atoms with E-state index < -0.39 is 81.2 Å². The maximum atomic E-state index is 17.8. The number of hydrogen-bond donors (Lipinski definition) is 4. The Bertz CT molecular complexity index is 1200. The number of aliphatic hydroxyl groups is 3. The number of ketones is 4. The number of hydrogen-bond acceptors (Lipinski definition) is 8. The number of carbonyl (C=O) groups is 4. The molecule has 0 aromatic rings. The first-order chi connectivity index (χ1) is 18.5. The number of allylic oxidation sites excluding steroid dienone is 3. The second kappa shape index (κ2) is 10.0. The van der Waals surface area contributed by atoms with Gasteiger partial charge in [-0.05, 0) is 62.9 Å². The Morgan fingerprint density at radius 1 is 1.18 bits per heavy atom. The van der Waals surface area contributed by atoms with Gasteiger partial charge in [0, 0.05) is 16.7 Å². The van der Waals surface area contributed by atoms with Gasteiger partial charge in [0.2, 0.25) is 11.6 Å². The second-order valence-corrected chi connectivity index (χ2v) is 13.2. The second-order valence-electron chi connectivity index (χ2n) is 13.2. The van der Waals surface area contributed by atoms with Crippen LogP contribution in [0.5, 0.6) is 0 Å². The Balaban J connectivity index is 1.79. The van der Waals surface area contributed by atoms with E-state index in [2.05, 4.69) is 0 Å². The molecule has 11 atom stereocenters. The molecule has 3 saturated carbocycles. The molecule has 5 N–H and O–H groups in total. The van der Waals surface area contributed by atoms with Crippen LogP contribution in [-0.2, 0) is 19.2 Å². The van der Waals surface area contributed by atoms with E-state index in [-0.39, 0.29) is 37.2 Å². The number of carbonyl (C=O) groups excluding carboxylic acids is 4. The molecule has 0 bridgehead atoms. The third-order valence-electron chi connectivity index (χ3n) is 11.4. The molecule has 1 unspecified atom stereocenters. The predicted molar refractivity (Wildman–Crippen MR) is 146 cm³/mol. The number of halogens is 1. The molecule has 4 aliphatic carbocycles. The fraction of sp³-hybridized carbons (Fsp3) is 0.742. The molecule has 0 radical (unpaired) electrons. The van der Waals surface area contributed by atoms with Gasteiger partial charge < -0.3 is 21.1 Å². The first-order valence-electron chi connectivity index (χ1n) is 14.6. The van der Waals surface area contributed by atoms with Crippen molar-refractivity contribution in [1.82, 2.24) is 0 Å². The van der Waals surface area contributed by atoms with E-state index in [9.17, 15) is 34.5 Å². The highest BCUT2D eigenvalue weighted by Crippen LogP contribution is 2.71. The molecule has 3 fully saturated rings. The van der Waals surface area contributed by atoms with Crippen molar-refractivity contribution in [3.8, 4) is 0 Å². The van der Waals surface area contributed by atoms with Crippen molar-refractivity contribution in [3.63, 3.8) is 0 Å². The fourth-order valence-electron chi connectivity index (χ4n) is 8.54. The highest BCUT2D eigenvalue weighted by Gasteiger charge is 2.76. The van der Waals surface area contributed by atoms with Crippen LogP contribution in [0, 0.1) is 34.5 Å². The lowest BCUT2D eigenvalue weighted by atomic mass is 9.44. The number of nitrogens with two attached hydrogens (primary N) is 1. The summed E-state index contributed by atoms with van der Waals surface area (Å²) in [4.78, 5) is 52.5. The fourth-order valence-corrected chi connectivity index (χ4v) is 8.54. The van der Waals surface area contributed by atoms with E-state index >= 15 is 4.39 Å². The monoisotopic (exact) mass is 561 g/mol. The summed E-state index contributed by atoms with van der Waals surface area (Å²) in [6.45, 7) is 10.1. The summed E-state index contributed by atoms with van der Waals surface area (Å²) in [7, 11) is 0. The number of rotatable bonds is 8. The summed E-state index contributed by atoms with van der Waals surface area (Å²) in [5.74, 6) is -5.59. The predicted octanol–water partition coefficient (Wildman–Crippen LogP) is 2.56. The zero-order chi connectivity index (χ0) is 30.2. The molecule has 4 aliphatic rings. The molecular formula is C31H44FNO7. The van der Waals surface area contributed by atoms with E-state index in [1.54, 1.807) is 27.7 Å². The number of aliphatic hydroxyl groups excluding tert-OH is 2. The SMILES string of the molecule is CCC(O)C(=O)C(=O)[C@@]1(O)[C@H](C)C[C@H]2[C@@H]3CCC4=CC(=O)C(C(=O)[C@@H](N)[C@@H](C)CC)=C[C@]4(C)[C@@]3(F)[C@@H](O)C[C@@]21C. The van der Waals surface area contributed by atoms with Crippen LogP contribution >= 0.6 is 0 Å². The van der Waals surface area contributed by atoms with Gasteiger partial charge in [0.05, 0.1) is 17.7 Å². The number of fused-ring (bicyclic) bond motifs is 5. The Hall–Kier alpha value is -2.07. The smallest absolute Gasteiger partial charge is 0.233 e. The molecule has 222 valence electrons. The third kappa shape index (κ3) is 3.83. The van der Waals surface area contributed by atoms with Crippen molar-refractivity contribution in [2.75, 3.05) is 0 Å². The molecule has 9 heteroatoms. The van der Waals surface area contributed by atoms with Crippen molar-refractivity contribution in [1.29, 1.82) is 0 Å². The molecule has 0 heterocycles. The number of alkyl halides is 1. The van der Waals surface area contributed by atoms with E-state index in [1.807, 2.05) is 13.8 Å². The quantitative estimate of drug-likeness (QED) is 0.260. The van der Waals surface area contributed by atoms with Crippen LogP contribution in [0.15, 0.2) is 23.3 Å². The van der Waals surface area contributed by atoms with Crippen molar-refractivity contribution in [3.05, 3.63) is 23.3 Å². The van der Waals surface area contributed by atoms with Crippen molar-refractivity contribution in [2.45, 2.75) is 110 Å². The van der Waals surface area contributed by atoms with Gasteiger partial charge >= 0.3 is 0 Å². The minimum absolute atomic E-state index is 0.00822. The lowest BCUT2D eigenvalue weighted by molar-refractivity contribution is -0.219. The lowest BCUT2D eigenvalue weighted by Gasteiger charge is -2.62. The summed E-state index contributed by atoms with van der Waals surface area (Å²) in [5, 5.41) is 33.6. The standard InChI is InChI=1S/C31H44FNO7/c1-7-15(3)24(33)25(37)18-13-28(5)17(12-22(18)35)9-10-19-20-11-16(4)31(40,27(39)26(38)21(34)8-2)29(20,6)14-23(36)30(19,28)32/h12-13,15-16,19-21,23-24,34,36,40H,7-11,14,33H2,1-6H3/t15-,16+,19-,20-,21?,23-,24-,28-,29-,30-,31-/m0/s1. The summed E-state index contributed by atoms with van der Waals surface area (Å²) in [6.07, 6.45) is 0.604. The molecule has 8 nitrogen and oxygen atoms in total. The van der Waals surface area contributed by atoms with Crippen LogP contribution in [0.3, 0.4) is 0 Å². The minimum Gasteiger partial charge on any atom is -0.390 e.